The summed E-state index contributed by atoms with van der Waals surface area (Å²) in [5, 5.41) is 4.39. The molecule has 0 saturated heterocycles. The molecule has 0 atom stereocenters. The Hall–Kier alpha value is -2.42. The first kappa shape index (κ1) is 12.6. The zero-order chi connectivity index (χ0) is 13.9. The van der Waals surface area contributed by atoms with Crippen LogP contribution in [0.1, 0.15) is 11.1 Å². The topological polar surface area (TPSA) is 24.9 Å². The van der Waals surface area contributed by atoms with E-state index in [4.69, 9.17) is 0 Å². The average Bonchev–Trinajstić information content (AvgIpc) is 2.48. The molecule has 2 nitrogen and oxygen atoms in total. The van der Waals surface area contributed by atoms with Crippen molar-refractivity contribution in [3.8, 4) is 0 Å². The number of halogens is 1. The van der Waals surface area contributed by atoms with Gasteiger partial charge in [-0.25, -0.2) is 4.39 Å². The van der Waals surface area contributed by atoms with Gasteiger partial charge in [-0.2, -0.15) is 0 Å². The van der Waals surface area contributed by atoms with Crippen molar-refractivity contribution in [2.24, 2.45) is 0 Å². The highest BCUT2D eigenvalue weighted by molar-refractivity contribution is 5.79. The summed E-state index contributed by atoms with van der Waals surface area (Å²) in [4.78, 5) is 4.30. The lowest BCUT2D eigenvalue weighted by atomic mass is 10.1. The van der Waals surface area contributed by atoms with Crippen molar-refractivity contribution in [3.63, 3.8) is 0 Å². The number of hydrogen-bond acceptors (Lipinski definition) is 2. The summed E-state index contributed by atoms with van der Waals surface area (Å²) < 4.78 is 13.5. The van der Waals surface area contributed by atoms with Gasteiger partial charge in [0, 0.05) is 29.4 Å². The zero-order valence-electron chi connectivity index (χ0n) is 11.2. The Morgan fingerprint density at radius 1 is 1.10 bits per heavy atom. The normalized spacial score (nSPS) is 10.7. The van der Waals surface area contributed by atoms with E-state index < -0.39 is 0 Å². The van der Waals surface area contributed by atoms with Crippen LogP contribution in [0.4, 0.5) is 10.1 Å². The molecule has 0 fully saturated rings. The molecule has 3 heteroatoms. The summed E-state index contributed by atoms with van der Waals surface area (Å²) in [6.45, 7) is 2.44. The molecule has 0 unspecified atom stereocenters. The summed E-state index contributed by atoms with van der Waals surface area (Å²) in [5.74, 6) is -0.183. The molecule has 3 aromatic rings. The van der Waals surface area contributed by atoms with Gasteiger partial charge in [0.2, 0.25) is 0 Å². The van der Waals surface area contributed by atoms with Crippen molar-refractivity contribution in [3.05, 3.63) is 71.7 Å². The fourth-order valence-corrected chi connectivity index (χ4v) is 2.23. The van der Waals surface area contributed by atoms with Gasteiger partial charge in [0.25, 0.3) is 0 Å². The maximum Gasteiger partial charge on any atom is 0.128 e. The predicted molar refractivity (Wildman–Crippen MR) is 80.2 cm³/mol. The van der Waals surface area contributed by atoms with Crippen LogP contribution in [0.25, 0.3) is 10.9 Å². The van der Waals surface area contributed by atoms with E-state index in [0.29, 0.717) is 12.1 Å². The first-order valence-electron chi connectivity index (χ1n) is 6.57. The number of anilines is 1. The van der Waals surface area contributed by atoms with Crippen LogP contribution in [0.3, 0.4) is 0 Å². The van der Waals surface area contributed by atoms with E-state index in [9.17, 15) is 4.39 Å². The van der Waals surface area contributed by atoms with Gasteiger partial charge in [0.1, 0.15) is 5.82 Å². The summed E-state index contributed by atoms with van der Waals surface area (Å²) in [6, 6.07) is 15.2. The maximum absolute atomic E-state index is 13.5. The molecular weight excluding hydrogens is 251 g/mol. The van der Waals surface area contributed by atoms with Gasteiger partial charge in [0.15, 0.2) is 0 Å². The van der Waals surface area contributed by atoms with Crippen LogP contribution in [0.15, 0.2) is 54.7 Å². The SMILES string of the molecule is Cc1c(F)cccc1NCc1ccc2ncccc2c1. The second kappa shape index (κ2) is 5.29. The number of benzene rings is 2. The second-order valence-electron chi connectivity index (χ2n) is 4.80. The van der Waals surface area contributed by atoms with Crippen LogP contribution >= 0.6 is 0 Å². The van der Waals surface area contributed by atoms with Crippen molar-refractivity contribution in [1.29, 1.82) is 0 Å². The van der Waals surface area contributed by atoms with Gasteiger partial charge in [-0.05, 0) is 42.8 Å². The van der Waals surface area contributed by atoms with Crippen LogP contribution in [0.5, 0.6) is 0 Å². The van der Waals surface area contributed by atoms with Crippen LogP contribution in [-0.4, -0.2) is 4.98 Å². The Bertz CT molecular complexity index is 753. The third-order valence-corrected chi connectivity index (χ3v) is 3.42. The van der Waals surface area contributed by atoms with Crippen molar-refractivity contribution >= 4 is 16.6 Å². The predicted octanol–water partition coefficient (Wildman–Crippen LogP) is 4.29. The molecule has 1 N–H and O–H groups in total. The highest BCUT2D eigenvalue weighted by Crippen LogP contribution is 2.19. The lowest BCUT2D eigenvalue weighted by Gasteiger charge is -2.10. The molecule has 0 bridgehead atoms. The highest BCUT2D eigenvalue weighted by Gasteiger charge is 2.03. The molecular formula is C17H15FN2. The minimum absolute atomic E-state index is 0.183. The van der Waals surface area contributed by atoms with Gasteiger partial charge in [-0.3, -0.25) is 4.98 Å². The Morgan fingerprint density at radius 2 is 2.00 bits per heavy atom. The lowest BCUT2D eigenvalue weighted by Crippen LogP contribution is -2.02. The molecule has 0 spiro atoms. The summed E-state index contributed by atoms with van der Waals surface area (Å²) >= 11 is 0. The van der Waals surface area contributed by atoms with Gasteiger partial charge in [-0.15, -0.1) is 0 Å². The van der Waals surface area contributed by atoms with Crippen molar-refractivity contribution in [2.45, 2.75) is 13.5 Å². The number of nitrogens with one attached hydrogen (secondary N) is 1. The molecule has 3 rings (SSSR count). The number of fused-ring (bicyclic) bond motifs is 1. The Morgan fingerprint density at radius 3 is 2.90 bits per heavy atom. The fraction of sp³-hybridized carbons (Fsp3) is 0.118. The van der Waals surface area contributed by atoms with E-state index in [0.717, 1.165) is 22.2 Å². The molecule has 100 valence electrons. The molecule has 0 radical (unpaired) electrons. The Balaban J connectivity index is 1.81. The number of pyridine rings is 1. The minimum Gasteiger partial charge on any atom is -0.381 e. The minimum atomic E-state index is -0.183. The van der Waals surface area contributed by atoms with E-state index in [1.165, 1.54) is 6.07 Å². The molecule has 2 aromatic carbocycles. The summed E-state index contributed by atoms with van der Waals surface area (Å²) in [6.07, 6.45) is 1.79. The van der Waals surface area contributed by atoms with Crippen molar-refractivity contribution in [1.82, 2.24) is 4.98 Å². The third-order valence-electron chi connectivity index (χ3n) is 3.42. The van der Waals surface area contributed by atoms with E-state index in [2.05, 4.69) is 16.4 Å². The quantitative estimate of drug-likeness (QED) is 0.764. The largest absolute Gasteiger partial charge is 0.381 e. The number of nitrogens with zero attached hydrogens (tertiary/aromatic N) is 1. The second-order valence-corrected chi connectivity index (χ2v) is 4.80. The van der Waals surface area contributed by atoms with Gasteiger partial charge >= 0.3 is 0 Å². The highest BCUT2D eigenvalue weighted by atomic mass is 19.1. The average molecular weight is 266 g/mol. The molecule has 1 aromatic heterocycles. The number of rotatable bonds is 3. The van der Waals surface area contributed by atoms with Gasteiger partial charge < -0.3 is 5.32 Å². The molecule has 0 aliphatic heterocycles. The summed E-state index contributed by atoms with van der Waals surface area (Å²) in [7, 11) is 0. The molecule has 1 heterocycles. The smallest absolute Gasteiger partial charge is 0.128 e. The molecule has 0 aliphatic rings. The van der Waals surface area contributed by atoms with Crippen LogP contribution < -0.4 is 5.32 Å². The number of hydrogen-bond donors (Lipinski definition) is 1. The first-order valence-corrected chi connectivity index (χ1v) is 6.57. The fourth-order valence-electron chi connectivity index (χ4n) is 2.23. The van der Waals surface area contributed by atoms with Crippen LogP contribution in [0, 0.1) is 12.7 Å². The van der Waals surface area contributed by atoms with E-state index in [-0.39, 0.29) is 5.82 Å². The summed E-state index contributed by atoms with van der Waals surface area (Å²) in [5.41, 5.74) is 3.61. The van der Waals surface area contributed by atoms with Gasteiger partial charge in [0.05, 0.1) is 5.52 Å². The monoisotopic (exact) mass is 266 g/mol. The first-order chi connectivity index (χ1) is 9.74. The van der Waals surface area contributed by atoms with Crippen molar-refractivity contribution < 1.29 is 4.39 Å². The standard InChI is InChI=1S/C17H15FN2/c1-12-15(18)5-2-6-16(12)20-11-13-7-8-17-14(10-13)4-3-9-19-17/h2-10,20H,11H2,1H3. The van der Waals surface area contributed by atoms with Gasteiger partial charge in [-0.1, -0.05) is 18.2 Å². The van der Waals surface area contributed by atoms with E-state index >= 15 is 0 Å². The van der Waals surface area contributed by atoms with E-state index in [1.807, 2.05) is 30.3 Å². The molecule has 0 amide bonds. The Kier molecular flexibility index (Phi) is 3.33. The Labute approximate surface area is 117 Å². The van der Waals surface area contributed by atoms with Crippen molar-refractivity contribution in [2.75, 3.05) is 5.32 Å². The van der Waals surface area contributed by atoms with E-state index in [1.54, 1.807) is 19.2 Å². The maximum atomic E-state index is 13.5. The van der Waals surface area contributed by atoms with Crippen LogP contribution in [-0.2, 0) is 6.54 Å². The molecule has 0 saturated carbocycles. The molecule has 0 aliphatic carbocycles. The third kappa shape index (κ3) is 2.48. The lowest BCUT2D eigenvalue weighted by molar-refractivity contribution is 0.619. The molecule has 20 heavy (non-hydrogen) atoms. The van der Waals surface area contributed by atoms with Crippen LogP contribution in [0.2, 0.25) is 0 Å². The number of aromatic nitrogens is 1. The zero-order valence-corrected chi connectivity index (χ0v) is 11.2.